The quantitative estimate of drug-likeness (QED) is 0.0270. The molecule has 4 rings (SSSR count). The predicted octanol–water partition coefficient (Wildman–Crippen LogP) is -5.40. The summed E-state index contributed by atoms with van der Waals surface area (Å²) >= 11 is 0. The van der Waals surface area contributed by atoms with E-state index in [9.17, 15) is 57.8 Å². The fraction of sp³-hybridized carbons (Fsp3) is 0.478. The Balaban J connectivity index is 1.71. The molecule has 0 aliphatic carbocycles. The van der Waals surface area contributed by atoms with E-state index in [4.69, 9.17) is 34.4 Å². The van der Waals surface area contributed by atoms with E-state index >= 15 is 0 Å². The van der Waals surface area contributed by atoms with E-state index in [-0.39, 0.29) is 68.4 Å². The fourth-order valence-corrected chi connectivity index (χ4v) is 10.1. The molecule has 2 saturated heterocycles. The third kappa shape index (κ3) is 20.3. The number of phenols is 1. The van der Waals surface area contributed by atoms with Crippen molar-refractivity contribution in [3.8, 4) is 5.75 Å². The molecule has 2 heterocycles. The normalized spacial score (nSPS) is 22.6. The minimum atomic E-state index is -1.80. The van der Waals surface area contributed by atoms with Crippen molar-refractivity contribution in [1.29, 1.82) is 0 Å². The molecule has 0 bridgehead atoms. The van der Waals surface area contributed by atoms with Crippen LogP contribution in [-0.4, -0.2) is 160 Å². The second-order valence-electron chi connectivity index (χ2n) is 17.6. The molecule has 0 radical (unpaired) electrons. The van der Waals surface area contributed by atoms with Gasteiger partial charge in [0, 0.05) is 43.9 Å². The first-order chi connectivity index (χ1) is 35.6. The van der Waals surface area contributed by atoms with Crippen molar-refractivity contribution in [3.63, 3.8) is 0 Å². The minimum Gasteiger partial charge on any atom is -0.508 e. The number of carbonyl (C=O) groups excluding carboxylic acids is 11. The number of aliphatic imine (C=N–C) groups is 1. The number of hydrogen-bond donors (Lipinski definition) is 14. The highest BCUT2D eigenvalue weighted by atomic mass is 33.1. The summed E-state index contributed by atoms with van der Waals surface area (Å²) in [6.07, 6.45) is -1.38. The highest BCUT2D eigenvalue weighted by Crippen LogP contribution is 2.26. The van der Waals surface area contributed by atoms with Gasteiger partial charge >= 0.3 is 0 Å². The van der Waals surface area contributed by atoms with Crippen LogP contribution in [0.2, 0.25) is 0 Å². The number of nitrogens with two attached hydrogens (primary N) is 6. The van der Waals surface area contributed by atoms with Crippen molar-refractivity contribution < 1.29 is 57.8 Å². The molecule has 2 aromatic rings. The molecule has 2 aliphatic heterocycles. The van der Waals surface area contributed by atoms with Crippen LogP contribution in [-0.2, 0) is 65.6 Å². The van der Waals surface area contributed by atoms with E-state index in [1.165, 1.54) is 29.2 Å². The average molecular weight is 1080 g/mol. The lowest BCUT2D eigenvalue weighted by Gasteiger charge is -2.31. The lowest BCUT2D eigenvalue weighted by molar-refractivity contribution is -0.142. The molecule has 29 heteroatoms. The van der Waals surface area contributed by atoms with E-state index in [0.29, 0.717) is 17.5 Å². The van der Waals surface area contributed by atoms with Gasteiger partial charge in [-0.3, -0.25) is 57.7 Å². The van der Waals surface area contributed by atoms with Crippen molar-refractivity contribution in [1.82, 2.24) is 42.1 Å². The van der Waals surface area contributed by atoms with Gasteiger partial charge < -0.3 is 81.6 Å². The van der Waals surface area contributed by atoms with Crippen LogP contribution in [0.25, 0.3) is 0 Å². The molecule has 408 valence electrons. The minimum absolute atomic E-state index is 0.00106. The molecule has 8 atom stereocenters. The maximum atomic E-state index is 14.6. The molecule has 2 aromatic carbocycles. The van der Waals surface area contributed by atoms with Crippen LogP contribution in [0.5, 0.6) is 5.75 Å². The summed E-state index contributed by atoms with van der Waals surface area (Å²) in [7, 11) is 1.99. The number of primary amides is 3. The van der Waals surface area contributed by atoms with Gasteiger partial charge in [0.2, 0.25) is 65.0 Å². The number of rotatable bonds is 19. The monoisotopic (exact) mass is 1080 g/mol. The molecule has 0 unspecified atom stereocenters. The predicted molar refractivity (Wildman–Crippen MR) is 276 cm³/mol. The van der Waals surface area contributed by atoms with Gasteiger partial charge in [-0.1, -0.05) is 64.1 Å². The largest absolute Gasteiger partial charge is 0.508 e. The number of aromatic hydroxyl groups is 1. The first-order valence-corrected chi connectivity index (χ1v) is 26.2. The fourth-order valence-electron chi connectivity index (χ4n) is 7.80. The second kappa shape index (κ2) is 29.9. The van der Waals surface area contributed by atoms with E-state index < -0.39 is 139 Å². The Morgan fingerprint density at radius 3 is 1.89 bits per heavy atom. The summed E-state index contributed by atoms with van der Waals surface area (Å²) < 4.78 is 0. The molecule has 20 N–H and O–H groups in total. The number of carbonyl (C=O) groups is 11. The van der Waals surface area contributed by atoms with E-state index in [1.54, 1.807) is 30.3 Å². The number of nitrogens with zero attached hydrogens (tertiary/aromatic N) is 2. The number of amides is 11. The van der Waals surface area contributed by atoms with Crippen molar-refractivity contribution >= 4 is 92.5 Å². The van der Waals surface area contributed by atoms with Crippen LogP contribution in [0.4, 0.5) is 0 Å². The van der Waals surface area contributed by atoms with Crippen molar-refractivity contribution in [2.24, 2.45) is 39.4 Å². The maximum Gasteiger partial charge on any atom is 0.246 e. The highest BCUT2D eigenvalue weighted by molar-refractivity contribution is 8.76. The molecule has 2 aliphatic rings. The molecular formula is C46H65N15O12S2. The standard InChI is InChI=1S/C46H65N15O12S2/c47-27-22-74-75-23-33(45(73)61-17-5-9-34(61)44(72)56-28(8-4-16-53-46(51)52)39(67)54-21-37(50)65)60-43(71)32(20-36(49)64)59-40(68)29(14-15-35(48)63)55-41(69)31(18-24-6-2-1-3-7-24)58-42(70)30(57-38(27)66)19-25-10-12-26(62)13-11-25/h1-3,6-7,10-13,27-34,62H,4-5,8-9,14-23,47H2,(H2,48,63)(H2,49,64)(H2,50,65)(H,54,67)(H,55,69)(H,56,72)(H,57,66)(H,58,70)(H,59,68)(H,60,71)(H4,51,52,53)/t27-,28-,29-,30-,31+,32-,33-,34-/m0/s1. The first kappa shape index (κ1) is 59.9. The third-order valence-corrected chi connectivity index (χ3v) is 14.1. The zero-order valence-corrected chi connectivity index (χ0v) is 42.5. The Labute approximate surface area is 439 Å². The zero-order chi connectivity index (χ0) is 55.2. The van der Waals surface area contributed by atoms with Crippen LogP contribution in [0.15, 0.2) is 59.6 Å². The maximum absolute atomic E-state index is 14.6. The van der Waals surface area contributed by atoms with Crippen LogP contribution in [0.3, 0.4) is 0 Å². The Morgan fingerprint density at radius 2 is 1.28 bits per heavy atom. The summed E-state index contributed by atoms with van der Waals surface area (Å²) in [6, 6.07) is 2.80. The number of nitrogens with one attached hydrogen (secondary N) is 7. The third-order valence-electron chi connectivity index (χ3n) is 11.6. The van der Waals surface area contributed by atoms with Gasteiger partial charge in [0.05, 0.1) is 19.0 Å². The summed E-state index contributed by atoms with van der Waals surface area (Å²) in [5.74, 6) is -10.5. The van der Waals surface area contributed by atoms with Gasteiger partial charge in [0.15, 0.2) is 5.96 Å². The Morgan fingerprint density at radius 1 is 0.707 bits per heavy atom. The Hall–Kier alpha value is -7.66. The molecule has 75 heavy (non-hydrogen) atoms. The smallest absolute Gasteiger partial charge is 0.246 e. The number of benzene rings is 2. The Bertz CT molecular complexity index is 2420. The van der Waals surface area contributed by atoms with Crippen molar-refractivity contribution in [2.75, 3.05) is 31.1 Å². The highest BCUT2D eigenvalue weighted by Gasteiger charge is 2.40. The number of likely N-dealkylation sites (tertiary alicyclic amines) is 1. The first-order valence-electron chi connectivity index (χ1n) is 23.7. The molecule has 0 spiro atoms. The Kier molecular flexibility index (Phi) is 23.9. The van der Waals surface area contributed by atoms with Crippen LogP contribution >= 0.6 is 21.6 Å². The van der Waals surface area contributed by atoms with E-state index in [1.807, 2.05) is 0 Å². The zero-order valence-electron chi connectivity index (χ0n) is 40.8. The second-order valence-corrected chi connectivity index (χ2v) is 20.2. The number of hydrogen-bond acceptors (Lipinski definition) is 16. The van der Waals surface area contributed by atoms with Crippen LogP contribution in [0.1, 0.15) is 56.1 Å². The number of guanidine groups is 1. The van der Waals surface area contributed by atoms with Crippen LogP contribution in [0, 0.1) is 0 Å². The molecule has 27 nitrogen and oxygen atoms in total. The summed E-state index contributed by atoms with van der Waals surface area (Å²) in [4.78, 5) is 153. The molecule has 0 aromatic heterocycles. The van der Waals surface area contributed by atoms with Gasteiger partial charge in [-0.15, -0.1) is 0 Å². The SMILES string of the molecule is NC(=O)CC[C@@H]1NC(=O)[C@@H](Cc2ccccc2)NC(=O)[C@H](Cc2ccc(O)cc2)NC(=O)[C@@H](N)CSSC[C@@H](C(=O)N2CCC[C@H]2C(=O)N[C@@H](CCCN=C(N)N)C(=O)NCC(N)=O)NC(=O)[C@H](CC(N)=O)NC1=O. The molecule has 0 saturated carbocycles. The van der Waals surface area contributed by atoms with Gasteiger partial charge in [-0.25, -0.2) is 0 Å². The topological polar surface area (TPSA) is 464 Å². The van der Waals surface area contributed by atoms with Crippen molar-refractivity contribution in [2.45, 2.75) is 106 Å². The van der Waals surface area contributed by atoms with Crippen molar-refractivity contribution in [3.05, 3.63) is 65.7 Å². The molecule has 11 amide bonds. The van der Waals surface area contributed by atoms with Gasteiger partial charge in [-0.2, -0.15) is 0 Å². The summed E-state index contributed by atoms with van der Waals surface area (Å²) in [5.41, 5.74) is 34.4. The number of phenolic OH excluding ortho intramolecular Hbond substituents is 1. The lowest BCUT2D eigenvalue weighted by atomic mass is 10.0. The van der Waals surface area contributed by atoms with E-state index in [2.05, 4.69) is 42.2 Å². The summed E-state index contributed by atoms with van der Waals surface area (Å²) in [6.45, 7) is -0.443. The average Bonchev–Trinajstić information content (AvgIpc) is 3.86. The molecule has 2 fully saturated rings. The van der Waals surface area contributed by atoms with Gasteiger partial charge in [-0.05, 0) is 55.4 Å². The van der Waals surface area contributed by atoms with Crippen LogP contribution < -0.4 is 71.6 Å². The van der Waals surface area contributed by atoms with E-state index in [0.717, 1.165) is 21.6 Å². The summed E-state index contributed by atoms with van der Waals surface area (Å²) in [5, 5.41) is 27.6. The van der Waals surface area contributed by atoms with Gasteiger partial charge in [0.1, 0.15) is 48.0 Å². The van der Waals surface area contributed by atoms with Gasteiger partial charge in [0.25, 0.3) is 0 Å². The lowest BCUT2D eigenvalue weighted by Crippen LogP contribution is -2.61. The molecular weight excluding hydrogens is 1020 g/mol.